The lowest BCUT2D eigenvalue weighted by Crippen LogP contribution is -2.61. The Bertz CT molecular complexity index is 2420. The monoisotopic (exact) mass is 1140 g/mol. The van der Waals surface area contributed by atoms with Crippen molar-refractivity contribution in [2.75, 3.05) is 66.3 Å². The number of rotatable bonds is 12. The van der Waals surface area contributed by atoms with Crippen LogP contribution in [0.4, 0.5) is 4.79 Å². The van der Waals surface area contributed by atoms with Crippen molar-refractivity contribution in [2.45, 2.75) is 180 Å². The zero-order valence-electron chi connectivity index (χ0n) is 49.6. The first kappa shape index (κ1) is 64.6. The molecule has 82 heavy (non-hydrogen) atoms. The number of alkyl carbamates (subject to hydrolysis) is 1. The number of ether oxygens (including phenoxy) is 7. The van der Waals surface area contributed by atoms with Gasteiger partial charge in [0.1, 0.15) is 36.2 Å². The molecule has 0 radical (unpaired) electrons. The number of hydrogen-bond donors (Lipinski definition) is 3. The largest absolute Gasteiger partial charge is 0.460 e. The third-order valence-corrected chi connectivity index (χ3v) is 17.8. The molecule has 4 saturated heterocycles. The molecule has 0 spiro atoms. The van der Waals surface area contributed by atoms with Gasteiger partial charge in [0, 0.05) is 70.4 Å². The summed E-state index contributed by atoms with van der Waals surface area (Å²) in [6.07, 6.45) is 11.2. The molecular weight excluding hydrogens is 1050 g/mol. The lowest BCUT2D eigenvalue weighted by molar-refractivity contribution is -0.266. The van der Waals surface area contributed by atoms with E-state index in [0.717, 1.165) is 24.2 Å². The van der Waals surface area contributed by atoms with Gasteiger partial charge in [0.2, 0.25) is 5.79 Å². The molecule has 0 aromatic heterocycles. The molecule has 2 amide bonds. The smallest absolute Gasteiger partial charge is 0.407 e. The molecule has 4 bridgehead atoms. The number of carbonyl (C=O) groups is 6. The van der Waals surface area contributed by atoms with Crippen LogP contribution in [0, 0.1) is 35.5 Å². The first-order valence-electron chi connectivity index (χ1n) is 30.3. The predicted octanol–water partition coefficient (Wildman–Crippen LogP) is 7.22. The number of carbonyl (C=O) groups excluding carboxylic acids is 6. The molecule has 454 valence electrons. The van der Waals surface area contributed by atoms with Crippen LogP contribution in [-0.4, -0.2) is 176 Å². The van der Waals surface area contributed by atoms with Crippen molar-refractivity contribution in [1.29, 1.82) is 0 Å². The van der Waals surface area contributed by atoms with Crippen LogP contribution in [-0.2, 0) is 63.6 Å². The van der Waals surface area contributed by atoms with E-state index in [1.54, 1.807) is 27.0 Å². The molecule has 5 fully saturated rings. The zero-order valence-corrected chi connectivity index (χ0v) is 49.6. The number of ketones is 3. The van der Waals surface area contributed by atoms with Crippen LogP contribution < -0.4 is 5.32 Å². The summed E-state index contributed by atoms with van der Waals surface area (Å²) in [5.74, 6) is -8.24. The minimum Gasteiger partial charge on any atom is -0.460 e. The molecule has 5 aliphatic heterocycles. The molecule has 15 atom stereocenters. The highest BCUT2D eigenvalue weighted by molar-refractivity contribution is 6.39. The van der Waals surface area contributed by atoms with Crippen molar-refractivity contribution in [3.8, 4) is 0 Å². The Morgan fingerprint density at radius 1 is 0.902 bits per heavy atom. The predicted molar refractivity (Wildman–Crippen MR) is 307 cm³/mol. The number of nitrogens with one attached hydrogen (secondary N) is 1. The van der Waals surface area contributed by atoms with E-state index in [9.17, 15) is 39.0 Å². The number of nitrogens with zero attached hydrogens (tertiary/aromatic N) is 2. The van der Waals surface area contributed by atoms with Gasteiger partial charge in [-0.1, -0.05) is 101 Å². The topological polar surface area (TPSA) is 226 Å². The Morgan fingerprint density at radius 2 is 1.67 bits per heavy atom. The van der Waals surface area contributed by atoms with Crippen LogP contribution in [0.25, 0.3) is 0 Å². The first-order chi connectivity index (χ1) is 39.3. The summed E-state index contributed by atoms with van der Waals surface area (Å²) in [5, 5.41) is 26.6. The van der Waals surface area contributed by atoms with E-state index < -0.39 is 102 Å². The molecule has 6 aliphatic rings. The molecule has 5 heterocycles. The number of cyclic esters (lactones) is 1. The SMILES string of the molecule is CO[C@@H]1C[C@H](C[C@@H](C)[C@@H]2CC(=O)[C@H](C)/C=C3\CO[C@@H](C(=O)[C@H](C)C[C@H](C)/C=C/C=C/C=C(\C)C(OCCc4ccccc4)C[C@@H]4CC[C@@H](C)[C@@](O)(O4)C(=O)C(=O)N4CCCC[C@H]4C(=O)O2)[C@@H]3O)CC[C@H]1OC(=O)NCCN1CCOCC1. The number of esters is 1. The Balaban J connectivity index is 1.11. The van der Waals surface area contributed by atoms with E-state index in [0.29, 0.717) is 109 Å². The van der Waals surface area contributed by atoms with Crippen molar-refractivity contribution in [3.63, 3.8) is 0 Å². The standard InChI is InChI=1S/C64H93N3O15/c1-41-16-10-8-11-17-42(2)54(78-31-25-47-18-12-9-13-19-47)38-50-23-21-46(6)64(75,82-50)60(71)61(72)67-27-15-14-20-51(67)62(73)80-55(39-52(68)43(3)36-49-40-79-59(58(49)70)57(69)45(5)34-41)44(4)35-48-22-24-53(56(37-48)76-7)81-63(74)65-26-28-66-29-32-77-33-30-66/h8-13,16-19,36,41,43-46,48,50-51,53-56,58-59,70,75H,14-15,20-35,37-40H2,1-7H3,(H,65,74)/b11-8+,16-10+,42-17+,49-36+/t41-,43-,44-,45-,46-,48+,50+,51+,53-,54?,55+,56-,58-,59+,64-/m1/s1. The van der Waals surface area contributed by atoms with Gasteiger partial charge in [-0.15, -0.1) is 0 Å². The van der Waals surface area contributed by atoms with Crippen LogP contribution >= 0.6 is 0 Å². The van der Waals surface area contributed by atoms with Gasteiger partial charge in [-0.3, -0.25) is 24.1 Å². The summed E-state index contributed by atoms with van der Waals surface area (Å²) in [4.78, 5) is 88.5. The number of amides is 2. The molecule has 1 aliphatic carbocycles. The van der Waals surface area contributed by atoms with Crippen LogP contribution in [0.15, 0.2) is 77.9 Å². The quantitative estimate of drug-likeness (QED) is 0.107. The van der Waals surface area contributed by atoms with Crippen LogP contribution in [0.5, 0.6) is 0 Å². The maximum absolute atomic E-state index is 14.7. The van der Waals surface area contributed by atoms with Gasteiger partial charge >= 0.3 is 12.1 Å². The van der Waals surface area contributed by atoms with Gasteiger partial charge in [-0.05, 0) is 112 Å². The summed E-state index contributed by atoms with van der Waals surface area (Å²) >= 11 is 0. The molecule has 1 unspecified atom stereocenters. The lowest BCUT2D eigenvalue weighted by atomic mass is 9.78. The van der Waals surface area contributed by atoms with Gasteiger partial charge in [-0.25, -0.2) is 9.59 Å². The zero-order chi connectivity index (χ0) is 58.9. The van der Waals surface area contributed by atoms with Gasteiger partial charge in [-0.2, -0.15) is 0 Å². The molecule has 18 heteroatoms. The highest BCUT2D eigenvalue weighted by Crippen LogP contribution is 2.38. The molecule has 7 rings (SSSR count). The van der Waals surface area contributed by atoms with Gasteiger partial charge in [0.05, 0.1) is 44.7 Å². The normalized spacial score (nSPS) is 36.2. The van der Waals surface area contributed by atoms with E-state index >= 15 is 0 Å². The minimum absolute atomic E-state index is 0.00837. The number of hydrogen-bond acceptors (Lipinski definition) is 16. The fraction of sp³-hybridized carbons (Fsp3) is 0.688. The fourth-order valence-corrected chi connectivity index (χ4v) is 12.6. The summed E-state index contributed by atoms with van der Waals surface area (Å²) in [6, 6.07) is 8.81. The maximum Gasteiger partial charge on any atom is 0.407 e. The number of piperidine rings is 1. The maximum atomic E-state index is 14.7. The van der Waals surface area contributed by atoms with Crippen molar-refractivity contribution >= 4 is 35.3 Å². The summed E-state index contributed by atoms with van der Waals surface area (Å²) in [7, 11) is 1.59. The molecule has 18 nitrogen and oxygen atoms in total. The van der Waals surface area contributed by atoms with Gasteiger partial charge in [0.15, 0.2) is 5.78 Å². The second-order valence-electron chi connectivity index (χ2n) is 24.1. The number of aliphatic hydroxyl groups excluding tert-OH is 1. The average molecular weight is 1140 g/mol. The number of allylic oxidation sites excluding steroid dienone is 6. The van der Waals surface area contributed by atoms with Crippen molar-refractivity contribution in [3.05, 3.63) is 83.5 Å². The molecule has 1 aromatic rings. The fourth-order valence-electron chi connectivity index (χ4n) is 12.6. The Kier molecular flexibility index (Phi) is 24.7. The number of methoxy groups -OCH3 is 1. The minimum atomic E-state index is -2.48. The Morgan fingerprint density at radius 3 is 2.43 bits per heavy atom. The van der Waals surface area contributed by atoms with E-state index in [4.69, 9.17) is 33.2 Å². The third-order valence-electron chi connectivity index (χ3n) is 17.8. The highest BCUT2D eigenvalue weighted by Gasteiger charge is 2.53. The molecular formula is C64H93N3O15. The third kappa shape index (κ3) is 17.8. The van der Waals surface area contributed by atoms with E-state index in [1.807, 2.05) is 88.4 Å². The Labute approximate surface area is 485 Å². The van der Waals surface area contributed by atoms with Crippen molar-refractivity contribution in [1.82, 2.24) is 15.1 Å². The highest BCUT2D eigenvalue weighted by atomic mass is 16.6. The lowest BCUT2D eigenvalue weighted by Gasteiger charge is -2.43. The van der Waals surface area contributed by atoms with Crippen LogP contribution in [0.1, 0.15) is 124 Å². The molecule has 1 aromatic carbocycles. The number of benzene rings is 1. The van der Waals surface area contributed by atoms with E-state index in [-0.39, 0.29) is 49.4 Å². The number of Topliss-reactive ketones (excluding diaryl/α,β-unsaturated/α-hetero) is 3. The second kappa shape index (κ2) is 31.3. The summed E-state index contributed by atoms with van der Waals surface area (Å²) in [6.45, 7) is 15.6. The summed E-state index contributed by atoms with van der Waals surface area (Å²) < 4.78 is 42.4. The van der Waals surface area contributed by atoms with Gasteiger partial charge < -0.3 is 53.6 Å². The van der Waals surface area contributed by atoms with Crippen LogP contribution in [0.2, 0.25) is 0 Å². The average Bonchev–Trinajstić information content (AvgIpc) is 4.00. The van der Waals surface area contributed by atoms with E-state index in [2.05, 4.69) is 10.2 Å². The van der Waals surface area contributed by atoms with Crippen molar-refractivity contribution < 1.29 is 72.1 Å². The first-order valence-corrected chi connectivity index (χ1v) is 30.3. The number of morpholine rings is 1. The molecule has 3 N–H and O–H groups in total. The Hall–Kier alpha value is -4.92. The molecule has 1 saturated carbocycles. The second-order valence-corrected chi connectivity index (χ2v) is 24.1. The summed E-state index contributed by atoms with van der Waals surface area (Å²) in [5.41, 5.74) is 2.42. The van der Waals surface area contributed by atoms with Crippen LogP contribution in [0.3, 0.4) is 0 Å². The number of aliphatic hydroxyl groups is 2. The van der Waals surface area contributed by atoms with Gasteiger partial charge in [0.25, 0.3) is 11.7 Å². The number of fused-ring (bicyclic) bond motifs is 5. The van der Waals surface area contributed by atoms with Crippen molar-refractivity contribution in [2.24, 2.45) is 35.5 Å². The van der Waals surface area contributed by atoms with E-state index in [1.165, 1.54) is 4.90 Å².